The highest BCUT2D eigenvalue weighted by molar-refractivity contribution is 5.72. The van der Waals surface area contributed by atoms with Gasteiger partial charge in [-0.15, -0.1) is 0 Å². The molecule has 23 heavy (non-hydrogen) atoms. The molecule has 0 aromatic carbocycles. The van der Waals surface area contributed by atoms with Crippen LogP contribution in [-0.4, -0.2) is 62.9 Å². The van der Waals surface area contributed by atoms with Crippen LogP contribution in [0.25, 0.3) is 0 Å². The molecule has 0 N–H and O–H groups in total. The van der Waals surface area contributed by atoms with E-state index in [0.29, 0.717) is 13.2 Å². The highest BCUT2D eigenvalue weighted by Gasteiger charge is 2.35. The maximum Gasteiger partial charge on any atom is 0.308 e. The Labute approximate surface area is 137 Å². The molecule has 0 spiro atoms. The summed E-state index contributed by atoms with van der Waals surface area (Å²) < 4.78 is 27.9. The number of esters is 1. The van der Waals surface area contributed by atoms with E-state index in [1.54, 1.807) is 0 Å². The van der Waals surface area contributed by atoms with Crippen molar-refractivity contribution in [3.63, 3.8) is 0 Å². The van der Waals surface area contributed by atoms with Crippen molar-refractivity contribution in [1.29, 1.82) is 0 Å². The van der Waals surface area contributed by atoms with Gasteiger partial charge in [0.25, 0.3) is 0 Å². The van der Waals surface area contributed by atoms with Gasteiger partial charge in [0, 0.05) is 19.3 Å². The highest BCUT2D eigenvalue weighted by atomic mass is 16.6. The van der Waals surface area contributed by atoms with Gasteiger partial charge >= 0.3 is 5.97 Å². The molecule has 0 amide bonds. The molecule has 2 saturated heterocycles. The lowest BCUT2D eigenvalue weighted by Gasteiger charge is -2.34. The predicted octanol–water partition coefficient (Wildman–Crippen LogP) is 1.70. The maximum atomic E-state index is 12.1. The first-order chi connectivity index (χ1) is 11.1. The van der Waals surface area contributed by atoms with Gasteiger partial charge in [-0.3, -0.25) is 4.79 Å². The molecular weight excluding hydrogens is 300 g/mol. The van der Waals surface area contributed by atoms with Crippen molar-refractivity contribution in [3.05, 3.63) is 0 Å². The smallest absolute Gasteiger partial charge is 0.308 e. The summed E-state index contributed by atoms with van der Waals surface area (Å²) in [6.45, 7) is 6.72. The molecule has 0 aromatic rings. The molecular formula is C17H28O6. The fourth-order valence-corrected chi connectivity index (χ4v) is 2.80. The lowest BCUT2D eigenvalue weighted by atomic mass is 9.92. The Balaban J connectivity index is 1.49. The van der Waals surface area contributed by atoms with Gasteiger partial charge in [-0.25, -0.2) is 0 Å². The van der Waals surface area contributed by atoms with Crippen molar-refractivity contribution in [2.75, 3.05) is 26.4 Å². The number of hydrogen-bond acceptors (Lipinski definition) is 6. The van der Waals surface area contributed by atoms with Gasteiger partial charge in [0.05, 0.1) is 44.6 Å². The fraction of sp³-hybridized carbons (Fsp3) is 0.941. The van der Waals surface area contributed by atoms with Crippen LogP contribution in [0.1, 0.15) is 39.5 Å². The predicted molar refractivity (Wildman–Crippen MR) is 82.1 cm³/mol. The zero-order valence-electron chi connectivity index (χ0n) is 14.1. The molecule has 6 nitrogen and oxygen atoms in total. The zero-order valence-corrected chi connectivity index (χ0v) is 14.1. The molecule has 5 atom stereocenters. The summed E-state index contributed by atoms with van der Waals surface area (Å²) in [4.78, 5) is 12.1. The van der Waals surface area contributed by atoms with E-state index >= 15 is 0 Å². The third-order valence-electron chi connectivity index (χ3n) is 4.72. The van der Waals surface area contributed by atoms with Crippen LogP contribution in [0, 0.1) is 5.92 Å². The van der Waals surface area contributed by atoms with Gasteiger partial charge in [-0.2, -0.15) is 0 Å². The second-order valence-electron chi connectivity index (χ2n) is 6.90. The molecule has 0 bridgehead atoms. The van der Waals surface area contributed by atoms with E-state index in [0.717, 1.165) is 38.9 Å². The molecule has 2 heterocycles. The van der Waals surface area contributed by atoms with Crippen LogP contribution < -0.4 is 0 Å². The molecule has 6 heteroatoms. The molecule has 2 aliphatic heterocycles. The summed E-state index contributed by atoms with van der Waals surface area (Å²) >= 11 is 0. The molecule has 0 aromatic heterocycles. The number of carbonyl (C=O) groups is 1. The SMILES string of the molecule is CCC(C)C(=O)OC1CC(OCC2CO2)CC(OCC2CO2)C1. The van der Waals surface area contributed by atoms with Gasteiger partial charge in [-0.1, -0.05) is 13.8 Å². The number of ether oxygens (including phenoxy) is 5. The fourth-order valence-electron chi connectivity index (χ4n) is 2.80. The first-order valence-corrected chi connectivity index (χ1v) is 8.81. The van der Waals surface area contributed by atoms with Crippen molar-refractivity contribution in [2.45, 2.75) is 70.1 Å². The van der Waals surface area contributed by atoms with Gasteiger partial charge in [-0.05, 0) is 6.42 Å². The van der Waals surface area contributed by atoms with E-state index in [4.69, 9.17) is 23.7 Å². The zero-order chi connectivity index (χ0) is 16.2. The molecule has 3 rings (SSSR count). The number of rotatable bonds is 9. The maximum absolute atomic E-state index is 12.1. The van der Waals surface area contributed by atoms with Crippen LogP contribution in [0.15, 0.2) is 0 Å². The van der Waals surface area contributed by atoms with Crippen LogP contribution in [0.4, 0.5) is 0 Å². The molecule has 5 unspecified atom stereocenters. The van der Waals surface area contributed by atoms with Gasteiger partial charge in [0.2, 0.25) is 0 Å². The average Bonchev–Trinajstić information content (AvgIpc) is 3.44. The Hall–Kier alpha value is -0.690. The summed E-state index contributed by atoms with van der Waals surface area (Å²) in [6.07, 6.45) is 3.62. The topological polar surface area (TPSA) is 69.8 Å². The molecule has 1 aliphatic carbocycles. The molecule has 1 saturated carbocycles. The van der Waals surface area contributed by atoms with Gasteiger partial charge in [0.15, 0.2) is 0 Å². The Morgan fingerprint density at radius 2 is 1.48 bits per heavy atom. The third kappa shape index (κ3) is 5.71. The quantitative estimate of drug-likeness (QED) is 0.474. The Bertz CT molecular complexity index is 369. The second kappa shape index (κ2) is 7.92. The van der Waals surface area contributed by atoms with E-state index in [1.165, 1.54) is 0 Å². The summed E-state index contributed by atoms with van der Waals surface area (Å²) in [7, 11) is 0. The first kappa shape index (κ1) is 17.1. The minimum Gasteiger partial charge on any atom is -0.462 e. The molecule has 3 aliphatic rings. The largest absolute Gasteiger partial charge is 0.462 e. The molecule has 0 radical (unpaired) electrons. The van der Waals surface area contributed by atoms with Crippen LogP contribution >= 0.6 is 0 Å². The van der Waals surface area contributed by atoms with E-state index < -0.39 is 0 Å². The summed E-state index contributed by atoms with van der Waals surface area (Å²) in [5.41, 5.74) is 0. The lowest BCUT2D eigenvalue weighted by Crippen LogP contribution is -2.39. The lowest BCUT2D eigenvalue weighted by molar-refractivity contribution is -0.162. The Morgan fingerprint density at radius 1 is 1.00 bits per heavy atom. The van der Waals surface area contributed by atoms with E-state index in [1.807, 2.05) is 13.8 Å². The van der Waals surface area contributed by atoms with E-state index in [-0.39, 0.29) is 42.4 Å². The Morgan fingerprint density at radius 3 is 1.91 bits per heavy atom. The number of epoxide rings is 2. The van der Waals surface area contributed by atoms with Crippen LogP contribution in [0.3, 0.4) is 0 Å². The van der Waals surface area contributed by atoms with Crippen LogP contribution in [0.2, 0.25) is 0 Å². The number of carbonyl (C=O) groups excluding carboxylic acids is 1. The van der Waals surface area contributed by atoms with E-state index in [9.17, 15) is 4.79 Å². The Kier molecular flexibility index (Phi) is 5.91. The van der Waals surface area contributed by atoms with Crippen molar-refractivity contribution in [1.82, 2.24) is 0 Å². The number of hydrogen-bond donors (Lipinski definition) is 0. The summed E-state index contributed by atoms with van der Waals surface area (Å²) in [5.74, 6) is -0.177. The minimum absolute atomic E-state index is 0.0598. The monoisotopic (exact) mass is 328 g/mol. The van der Waals surface area contributed by atoms with Crippen LogP contribution in [-0.2, 0) is 28.5 Å². The third-order valence-corrected chi connectivity index (χ3v) is 4.72. The average molecular weight is 328 g/mol. The highest BCUT2D eigenvalue weighted by Crippen LogP contribution is 2.28. The van der Waals surface area contributed by atoms with Crippen molar-refractivity contribution >= 4 is 5.97 Å². The van der Waals surface area contributed by atoms with E-state index in [2.05, 4.69) is 0 Å². The van der Waals surface area contributed by atoms with Gasteiger partial charge in [0.1, 0.15) is 18.3 Å². The van der Waals surface area contributed by atoms with Crippen molar-refractivity contribution in [3.8, 4) is 0 Å². The molecule has 132 valence electrons. The normalized spacial score (nSPS) is 37.2. The minimum atomic E-state index is -0.125. The van der Waals surface area contributed by atoms with Crippen LogP contribution in [0.5, 0.6) is 0 Å². The van der Waals surface area contributed by atoms with Crippen molar-refractivity contribution in [2.24, 2.45) is 5.92 Å². The van der Waals surface area contributed by atoms with Crippen molar-refractivity contribution < 1.29 is 28.5 Å². The first-order valence-electron chi connectivity index (χ1n) is 8.81. The standard InChI is InChI=1S/C17H28O6/c1-3-11(2)17(18)23-14-5-12(19-7-15-9-21-15)4-13(6-14)20-8-16-10-22-16/h11-16H,3-10H2,1-2H3. The molecule has 3 fully saturated rings. The summed E-state index contributed by atoms with van der Waals surface area (Å²) in [6, 6.07) is 0. The summed E-state index contributed by atoms with van der Waals surface area (Å²) in [5, 5.41) is 0. The second-order valence-corrected chi connectivity index (χ2v) is 6.90. The van der Waals surface area contributed by atoms with Gasteiger partial charge < -0.3 is 23.7 Å².